The Labute approximate surface area is 145 Å². The summed E-state index contributed by atoms with van der Waals surface area (Å²) in [6.45, 7) is 9.33. The molecular weight excluding hydrogens is 364 g/mol. The molecule has 124 valence electrons. The third-order valence-corrected chi connectivity index (χ3v) is 5.25. The van der Waals surface area contributed by atoms with E-state index in [1.807, 2.05) is 25.7 Å². The number of thiophene rings is 1. The van der Waals surface area contributed by atoms with Gasteiger partial charge in [0.25, 0.3) is 0 Å². The number of halogens is 1. The smallest absolute Gasteiger partial charge is 0.410 e. The number of carbonyl (C=O) groups excluding carboxylic acids is 1. The summed E-state index contributed by atoms with van der Waals surface area (Å²) in [4.78, 5) is 15.4. The SMILES string of the molecule is CC(NCCN(C(=O)OC(C)(C)C)C1CC1)c1ccc(Br)s1. The first-order valence-electron chi connectivity index (χ1n) is 7.74. The largest absolute Gasteiger partial charge is 0.444 e. The van der Waals surface area contributed by atoms with Crippen molar-refractivity contribution in [1.82, 2.24) is 10.2 Å². The van der Waals surface area contributed by atoms with E-state index in [0.717, 1.165) is 23.2 Å². The zero-order valence-corrected chi connectivity index (χ0v) is 16.1. The van der Waals surface area contributed by atoms with Crippen molar-refractivity contribution in [2.45, 2.75) is 58.2 Å². The van der Waals surface area contributed by atoms with Crippen molar-refractivity contribution in [2.75, 3.05) is 13.1 Å². The standard InChI is InChI=1S/C16H25BrN2O2S/c1-11(13-7-8-14(17)22-13)18-9-10-19(12-5-6-12)15(20)21-16(2,3)4/h7-8,11-12,18H,5-6,9-10H2,1-4H3. The van der Waals surface area contributed by atoms with E-state index in [-0.39, 0.29) is 12.1 Å². The van der Waals surface area contributed by atoms with Crippen LogP contribution in [0.5, 0.6) is 0 Å². The Balaban J connectivity index is 1.81. The minimum Gasteiger partial charge on any atom is -0.444 e. The molecule has 6 heteroatoms. The van der Waals surface area contributed by atoms with Gasteiger partial charge in [0.1, 0.15) is 5.60 Å². The van der Waals surface area contributed by atoms with Gasteiger partial charge in [-0.3, -0.25) is 0 Å². The molecule has 1 heterocycles. The lowest BCUT2D eigenvalue weighted by atomic mass is 10.2. The average molecular weight is 389 g/mol. The molecule has 1 aliphatic carbocycles. The highest BCUT2D eigenvalue weighted by Crippen LogP contribution is 2.29. The lowest BCUT2D eigenvalue weighted by Gasteiger charge is -2.28. The Morgan fingerprint density at radius 2 is 2.18 bits per heavy atom. The van der Waals surface area contributed by atoms with Crippen molar-refractivity contribution in [3.05, 3.63) is 20.8 Å². The highest BCUT2D eigenvalue weighted by molar-refractivity contribution is 9.11. The van der Waals surface area contributed by atoms with Crippen LogP contribution in [0.2, 0.25) is 0 Å². The molecule has 0 aliphatic heterocycles. The molecule has 1 aromatic rings. The van der Waals surface area contributed by atoms with Gasteiger partial charge in [-0.15, -0.1) is 11.3 Å². The first-order valence-corrected chi connectivity index (χ1v) is 9.35. The lowest BCUT2D eigenvalue weighted by Crippen LogP contribution is -2.42. The maximum atomic E-state index is 12.3. The zero-order chi connectivity index (χ0) is 16.3. The van der Waals surface area contributed by atoms with Gasteiger partial charge >= 0.3 is 6.09 Å². The van der Waals surface area contributed by atoms with E-state index in [4.69, 9.17) is 4.74 Å². The molecule has 0 saturated heterocycles. The molecule has 2 rings (SSSR count). The number of ether oxygens (including phenoxy) is 1. The first-order chi connectivity index (χ1) is 10.3. The van der Waals surface area contributed by atoms with Crippen LogP contribution in [0.25, 0.3) is 0 Å². The van der Waals surface area contributed by atoms with Crippen molar-refractivity contribution in [2.24, 2.45) is 0 Å². The summed E-state index contributed by atoms with van der Waals surface area (Å²) in [6, 6.07) is 4.84. The molecule has 1 saturated carbocycles. The van der Waals surface area contributed by atoms with Crippen LogP contribution in [0.4, 0.5) is 4.79 Å². The van der Waals surface area contributed by atoms with Crippen LogP contribution in [0.3, 0.4) is 0 Å². The molecule has 22 heavy (non-hydrogen) atoms. The monoisotopic (exact) mass is 388 g/mol. The van der Waals surface area contributed by atoms with Crippen molar-refractivity contribution in [3.63, 3.8) is 0 Å². The van der Waals surface area contributed by atoms with Gasteiger partial charge in [0.2, 0.25) is 0 Å². The Hall–Kier alpha value is -0.590. The van der Waals surface area contributed by atoms with Crippen LogP contribution < -0.4 is 5.32 Å². The number of hydrogen-bond donors (Lipinski definition) is 1. The van der Waals surface area contributed by atoms with Gasteiger partial charge in [0.15, 0.2) is 0 Å². The zero-order valence-electron chi connectivity index (χ0n) is 13.7. The Kier molecular flexibility index (Phi) is 5.91. The third kappa shape index (κ3) is 5.56. The van der Waals surface area contributed by atoms with E-state index >= 15 is 0 Å². The van der Waals surface area contributed by atoms with Crippen LogP contribution in [0.1, 0.15) is 51.5 Å². The van der Waals surface area contributed by atoms with Crippen LogP contribution in [0.15, 0.2) is 15.9 Å². The molecule has 0 bridgehead atoms. The summed E-state index contributed by atoms with van der Waals surface area (Å²) in [5, 5.41) is 3.48. The van der Waals surface area contributed by atoms with Crippen molar-refractivity contribution < 1.29 is 9.53 Å². The summed E-state index contributed by atoms with van der Waals surface area (Å²) < 4.78 is 6.64. The molecule has 1 aliphatic rings. The van der Waals surface area contributed by atoms with E-state index in [9.17, 15) is 4.79 Å². The summed E-state index contributed by atoms with van der Waals surface area (Å²) in [5.41, 5.74) is -0.436. The van der Waals surface area contributed by atoms with Gasteiger partial charge in [-0.2, -0.15) is 0 Å². The van der Waals surface area contributed by atoms with Crippen molar-refractivity contribution in [1.29, 1.82) is 0 Å². The highest BCUT2D eigenvalue weighted by Gasteiger charge is 2.34. The fourth-order valence-electron chi connectivity index (χ4n) is 2.19. The summed E-state index contributed by atoms with van der Waals surface area (Å²) in [6.07, 6.45) is 1.99. The van der Waals surface area contributed by atoms with Gasteiger partial charge in [-0.25, -0.2) is 4.79 Å². The van der Waals surface area contributed by atoms with E-state index < -0.39 is 5.60 Å². The first kappa shape index (κ1) is 17.8. The summed E-state index contributed by atoms with van der Waals surface area (Å²) in [5.74, 6) is 0. The van der Waals surface area contributed by atoms with Gasteiger partial charge in [0.05, 0.1) is 3.79 Å². The number of amides is 1. The Bertz CT molecular complexity index is 508. The highest BCUT2D eigenvalue weighted by atomic mass is 79.9. The predicted molar refractivity (Wildman–Crippen MR) is 94.4 cm³/mol. The van der Waals surface area contributed by atoms with Gasteiger partial charge < -0.3 is 15.0 Å². The molecule has 0 spiro atoms. The van der Waals surface area contributed by atoms with Crippen LogP contribution in [0, 0.1) is 0 Å². The molecule has 1 atom stereocenters. The second kappa shape index (κ2) is 7.32. The Morgan fingerprint density at radius 1 is 1.50 bits per heavy atom. The molecule has 1 aromatic heterocycles. The minimum atomic E-state index is -0.436. The van der Waals surface area contributed by atoms with E-state index in [2.05, 4.69) is 40.3 Å². The predicted octanol–water partition coefficient (Wildman–Crippen LogP) is 4.56. The van der Waals surface area contributed by atoms with Crippen LogP contribution in [-0.2, 0) is 4.74 Å². The fraction of sp³-hybridized carbons (Fsp3) is 0.688. The van der Waals surface area contributed by atoms with Crippen molar-refractivity contribution >= 4 is 33.4 Å². The number of nitrogens with one attached hydrogen (secondary N) is 1. The lowest BCUT2D eigenvalue weighted by molar-refractivity contribution is 0.0235. The maximum Gasteiger partial charge on any atom is 0.410 e. The molecule has 0 aromatic carbocycles. The molecular formula is C16H25BrN2O2S. The molecule has 0 radical (unpaired) electrons. The minimum absolute atomic E-state index is 0.191. The quantitative estimate of drug-likeness (QED) is 0.776. The van der Waals surface area contributed by atoms with Crippen molar-refractivity contribution in [3.8, 4) is 0 Å². The number of hydrogen-bond acceptors (Lipinski definition) is 4. The summed E-state index contributed by atoms with van der Waals surface area (Å²) in [7, 11) is 0. The number of nitrogens with zero attached hydrogens (tertiary/aromatic N) is 1. The molecule has 1 amide bonds. The van der Waals surface area contributed by atoms with Crippen LogP contribution in [-0.4, -0.2) is 35.7 Å². The third-order valence-electron chi connectivity index (χ3n) is 3.44. The van der Waals surface area contributed by atoms with Gasteiger partial charge in [0, 0.05) is 30.1 Å². The number of carbonyl (C=O) groups is 1. The van der Waals surface area contributed by atoms with Crippen LogP contribution >= 0.6 is 27.3 Å². The molecule has 4 nitrogen and oxygen atoms in total. The fourth-order valence-corrected chi connectivity index (χ4v) is 3.64. The maximum absolute atomic E-state index is 12.3. The van der Waals surface area contributed by atoms with Gasteiger partial charge in [-0.05, 0) is 68.6 Å². The second-order valence-electron chi connectivity index (χ2n) is 6.72. The average Bonchev–Trinajstić information content (AvgIpc) is 3.13. The van der Waals surface area contributed by atoms with E-state index in [1.54, 1.807) is 11.3 Å². The normalized spacial score (nSPS) is 16.4. The number of rotatable bonds is 6. The molecule has 1 fully saturated rings. The van der Waals surface area contributed by atoms with E-state index in [0.29, 0.717) is 12.6 Å². The second-order valence-corrected chi connectivity index (χ2v) is 9.22. The summed E-state index contributed by atoms with van der Waals surface area (Å²) >= 11 is 5.22. The Morgan fingerprint density at radius 3 is 2.68 bits per heavy atom. The molecule has 1 N–H and O–H groups in total. The molecule has 1 unspecified atom stereocenters. The van der Waals surface area contributed by atoms with Gasteiger partial charge in [-0.1, -0.05) is 0 Å². The van der Waals surface area contributed by atoms with E-state index in [1.165, 1.54) is 4.88 Å². The topological polar surface area (TPSA) is 41.6 Å².